The molecule has 0 aliphatic carbocycles. The summed E-state index contributed by atoms with van der Waals surface area (Å²) in [5, 5.41) is 4.23. The Morgan fingerprint density at radius 2 is 1.88 bits per heavy atom. The van der Waals surface area contributed by atoms with Gasteiger partial charge < -0.3 is 19.5 Å². The summed E-state index contributed by atoms with van der Waals surface area (Å²) >= 11 is 5.82. The van der Waals surface area contributed by atoms with E-state index in [1.54, 1.807) is 13.3 Å². The summed E-state index contributed by atoms with van der Waals surface area (Å²) in [4.78, 5) is 11.2. The molecule has 0 amide bonds. The van der Waals surface area contributed by atoms with Crippen molar-refractivity contribution in [2.45, 2.75) is 18.6 Å². The first-order valence-electron chi connectivity index (χ1n) is 10.4. The minimum atomic E-state index is -0.0766. The summed E-state index contributed by atoms with van der Waals surface area (Å²) in [5.74, 6) is 0.837. The lowest BCUT2D eigenvalue weighted by molar-refractivity contribution is 0.302. The largest absolute Gasteiger partial charge is 0.497 e. The molecule has 32 heavy (non-hydrogen) atoms. The number of hydrogen-bond acceptors (Lipinski definition) is 4. The average molecular weight is 442 g/mol. The number of pyridine rings is 2. The maximum atomic E-state index is 5.82. The first-order valence-corrected chi connectivity index (χ1v) is 10.8. The highest BCUT2D eigenvalue weighted by atomic mass is 32.1. The standard InChI is InChI=1S/C25H23N5OS/c1-31-20-11-9-18(10-12-20)17-30-24(23(28-25(30)32)21-7-2-3-14-27-21)22-8-5-15-29(22)19-6-4-13-26-16-19/h2-16,23-24H,17H2,1H3,(H,28,32)/t23-,24-/m0/s1. The number of benzene rings is 1. The highest BCUT2D eigenvalue weighted by Gasteiger charge is 2.41. The van der Waals surface area contributed by atoms with Gasteiger partial charge in [-0.3, -0.25) is 9.97 Å². The van der Waals surface area contributed by atoms with Gasteiger partial charge in [0.1, 0.15) is 5.75 Å². The summed E-state index contributed by atoms with van der Waals surface area (Å²) in [7, 11) is 1.68. The van der Waals surface area contributed by atoms with Crippen molar-refractivity contribution < 1.29 is 4.74 Å². The van der Waals surface area contributed by atoms with Gasteiger partial charge in [0.2, 0.25) is 0 Å². The van der Waals surface area contributed by atoms with E-state index >= 15 is 0 Å². The lowest BCUT2D eigenvalue weighted by atomic mass is 10.0. The van der Waals surface area contributed by atoms with Crippen LogP contribution in [-0.2, 0) is 6.54 Å². The number of ether oxygens (including phenoxy) is 1. The maximum absolute atomic E-state index is 5.82. The van der Waals surface area contributed by atoms with Crippen molar-refractivity contribution in [3.8, 4) is 11.4 Å². The zero-order valence-corrected chi connectivity index (χ0v) is 18.4. The first-order chi connectivity index (χ1) is 15.7. The van der Waals surface area contributed by atoms with Crippen LogP contribution in [0.2, 0.25) is 0 Å². The number of aromatic nitrogens is 3. The topological polar surface area (TPSA) is 55.2 Å². The summed E-state index contributed by atoms with van der Waals surface area (Å²) in [6.07, 6.45) is 7.54. The Bertz CT molecular complexity index is 1190. The third-order valence-corrected chi connectivity index (χ3v) is 6.07. The summed E-state index contributed by atoms with van der Waals surface area (Å²) in [5.41, 5.74) is 4.24. The second-order valence-electron chi connectivity index (χ2n) is 7.62. The minimum absolute atomic E-state index is 0.0466. The highest BCUT2D eigenvalue weighted by molar-refractivity contribution is 7.80. The SMILES string of the molecule is COc1ccc(CN2C(=S)N[C@@H](c3ccccn3)[C@@H]2c2cccn2-c2cccnc2)cc1. The Hall–Kier alpha value is -3.71. The molecule has 4 heterocycles. The fourth-order valence-electron chi connectivity index (χ4n) is 4.19. The smallest absolute Gasteiger partial charge is 0.170 e. The van der Waals surface area contributed by atoms with Crippen molar-refractivity contribution in [2.75, 3.05) is 7.11 Å². The highest BCUT2D eigenvalue weighted by Crippen LogP contribution is 2.40. The minimum Gasteiger partial charge on any atom is -0.497 e. The van der Waals surface area contributed by atoms with E-state index in [0.29, 0.717) is 11.7 Å². The Labute approximate surface area is 192 Å². The van der Waals surface area contributed by atoms with Gasteiger partial charge in [0.15, 0.2) is 5.11 Å². The van der Waals surface area contributed by atoms with Gasteiger partial charge in [0, 0.05) is 30.8 Å². The number of hydrogen-bond donors (Lipinski definition) is 1. The fraction of sp³-hybridized carbons (Fsp3) is 0.160. The van der Waals surface area contributed by atoms with E-state index < -0.39 is 0 Å². The second kappa shape index (κ2) is 8.80. The van der Waals surface area contributed by atoms with Crippen molar-refractivity contribution in [3.63, 3.8) is 0 Å². The Morgan fingerprint density at radius 3 is 2.59 bits per heavy atom. The molecule has 160 valence electrons. The van der Waals surface area contributed by atoms with Crippen LogP contribution in [0.15, 0.2) is 91.5 Å². The molecule has 7 heteroatoms. The Balaban J connectivity index is 1.57. The molecule has 1 aliphatic rings. The van der Waals surface area contributed by atoms with Gasteiger partial charge in [-0.25, -0.2) is 0 Å². The van der Waals surface area contributed by atoms with E-state index in [9.17, 15) is 0 Å². The van der Waals surface area contributed by atoms with Gasteiger partial charge in [-0.1, -0.05) is 18.2 Å². The normalized spacial score (nSPS) is 17.9. The van der Waals surface area contributed by atoms with Gasteiger partial charge >= 0.3 is 0 Å². The van der Waals surface area contributed by atoms with Crippen molar-refractivity contribution in [3.05, 3.63) is 108 Å². The molecule has 1 aromatic carbocycles. The van der Waals surface area contributed by atoms with Crippen molar-refractivity contribution in [1.29, 1.82) is 0 Å². The number of thiocarbonyl (C=S) groups is 1. The van der Waals surface area contributed by atoms with E-state index in [1.807, 2.05) is 48.8 Å². The van der Waals surface area contributed by atoms with Crippen molar-refractivity contribution in [1.82, 2.24) is 24.8 Å². The molecule has 1 N–H and O–H groups in total. The van der Waals surface area contributed by atoms with Crippen LogP contribution in [0.25, 0.3) is 5.69 Å². The van der Waals surface area contributed by atoms with Crippen LogP contribution in [0.5, 0.6) is 5.75 Å². The summed E-state index contributed by atoms with van der Waals surface area (Å²) < 4.78 is 7.48. The molecule has 0 bridgehead atoms. The zero-order chi connectivity index (χ0) is 21.9. The molecule has 0 radical (unpaired) electrons. The molecule has 1 saturated heterocycles. The monoisotopic (exact) mass is 441 g/mol. The van der Waals surface area contributed by atoms with Crippen molar-refractivity contribution in [2.24, 2.45) is 0 Å². The molecule has 0 saturated carbocycles. The lowest BCUT2D eigenvalue weighted by Crippen LogP contribution is -2.30. The number of nitrogens with zero attached hydrogens (tertiary/aromatic N) is 4. The van der Waals surface area contributed by atoms with Crippen LogP contribution in [0.3, 0.4) is 0 Å². The molecular formula is C25H23N5OS. The Morgan fingerprint density at radius 1 is 1.00 bits per heavy atom. The molecule has 6 nitrogen and oxygen atoms in total. The van der Waals surface area contributed by atoms with Gasteiger partial charge in [-0.05, 0) is 66.3 Å². The Kier molecular flexibility index (Phi) is 5.56. The van der Waals surface area contributed by atoms with Gasteiger partial charge in [-0.2, -0.15) is 0 Å². The van der Waals surface area contributed by atoms with Gasteiger partial charge in [-0.15, -0.1) is 0 Å². The quantitative estimate of drug-likeness (QED) is 0.446. The van der Waals surface area contributed by atoms with Crippen LogP contribution in [-0.4, -0.2) is 31.7 Å². The van der Waals surface area contributed by atoms with Crippen LogP contribution in [0.4, 0.5) is 0 Å². The number of methoxy groups -OCH3 is 1. The molecule has 2 atom stereocenters. The predicted octanol–water partition coefficient (Wildman–Crippen LogP) is 4.45. The van der Waals surface area contributed by atoms with Gasteiger partial charge in [0.25, 0.3) is 0 Å². The zero-order valence-electron chi connectivity index (χ0n) is 17.6. The number of rotatable bonds is 6. The molecule has 4 aromatic rings. The van der Waals surface area contributed by atoms with E-state index in [4.69, 9.17) is 17.0 Å². The van der Waals surface area contributed by atoms with Crippen molar-refractivity contribution >= 4 is 17.3 Å². The second-order valence-corrected chi connectivity index (χ2v) is 8.00. The van der Waals surface area contributed by atoms with Crippen LogP contribution in [0.1, 0.15) is 29.0 Å². The molecule has 5 rings (SSSR count). The average Bonchev–Trinajstić information content (AvgIpc) is 3.45. The molecule has 0 spiro atoms. The van der Waals surface area contributed by atoms with Crippen LogP contribution in [0, 0.1) is 0 Å². The molecular weight excluding hydrogens is 418 g/mol. The van der Waals surface area contributed by atoms with Crippen LogP contribution >= 0.6 is 12.2 Å². The fourth-order valence-corrected chi connectivity index (χ4v) is 4.50. The van der Waals surface area contributed by atoms with E-state index in [0.717, 1.165) is 28.4 Å². The summed E-state index contributed by atoms with van der Waals surface area (Å²) in [6, 6.07) is 22.2. The lowest BCUT2D eigenvalue weighted by Gasteiger charge is -2.29. The van der Waals surface area contributed by atoms with E-state index in [-0.39, 0.29) is 12.1 Å². The third kappa shape index (κ3) is 3.83. The third-order valence-electron chi connectivity index (χ3n) is 5.72. The maximum Gasteiger partial charge on any atom is 0.170 e. The van der Waals surface area contributed by atoms with Crippen LogP contribution < -0.4 is 10.1 Å². The molecule has 1 fully saturated rings. The number of nitrogens with one attached hydrogen (secondary N) is 1. The molecule has 0 unspecified atom stereocenters. The predicted molar refractivity (Wildman–Crippen MR) is 128 cm³/mol. The van der Waals surface area contributed by atoms with E-state index in [2.05, 4.69) is 61.3 Å². The molecule has 3 aromatic heterocycles. The first kappa shape index (κ1) is 20.2. The molecule has 1 aliphatic heterocycles. The van der Waals surface area contributed by atoms with E-state index in [1.165, 1.54) is 0 Å². The summed E-state index contributed by atoms with van der Waals surface area (Å²) in [6.45, 7) is 0.669. The van der Waals surface area contributed by atoms with Gasteiger partial charge in [0.05, 0.1) is 36.8 Å².